The first-order valence-electron chi connectivity index (χ1n) is 3.79. The molecule has 0 aliphatic heterocycles. The molecule has 0 aliphatic rings. The zero-order chi connectivity index (χ0) is 11.8. The number of hydrogen-bond acceptors (Lipinski definition) is 2. The smallest absolute Gasteiger partial charge is 0.433 e. The Kier molecular flexibility index (Phi) is 2.83. The minimum Gasteiger partial charge on any atom is -0.506 e. The maximum atomic E-state index is 12.2. The molecule has 0 bridgehead atoms. The summed E-state index contributed by atoms with van der Waals surface area (Å²) in [5.74, 6) is -0.682. The van der Waals surface area contributed by atoms with Crippen molar-refractivity contribution in [3.05, 3.63) is 23.0 Å². The number of aromatic hydroxyl groups is 1. The van der Waals surface area contributed by atoms with Crippen LogP contribution in [0.3, 0.4) is 0 Å². The predicted molar refractivity (Wildman–Crippen MR) is 40.6 cm³/mol. The van der Waals surface area contributed by atoms with Gasteiger partial charge in [-0.05, 0) is 13.0 Å². The third-order valence-electron chi connectivity index (χ3n) is 1.72. The standard InChI is InChI=1S/C8H6F5NO/c1-3-5(15)2-4(7(9)10)6(14-3)8(11,12)13/h2,7,15H,1H3. The van der Waals surface area contributed by atoms with E-state index in [0.717, 1.165) is 6.92 Å². The van der Waals surface area contributed by atoms with Crippen LogP contribution in [0.1, 0.15) is 23.4 Å². The molecule has 15 heavy (non-hydrogen) atoms. The Morgan fingerprint density at radius 3 is 2.27 bits per heavy atom. The zero-order valence-corrected chi connectivity index (χ0v) is 7.44. The van der Waals surface area contributed by atoms with Gasteiger partial charge in [0.1, 0.15) is 5.75 Å². The average Bonchev–Trinajstić information content (AvgIpc) is 2.06. The Morgan fingerprint density at radius 1 is 1.33 bits per heavy atom. The van der Waals surface area contributed by atoms with Crippen LogP contribution in [0.15, 0.2) is 6.07 Å². The molecule has 0 atom stereocenters. The summed E-state index contributed by atoms with van der Waals surface area (Å²) in [6.45, 7) is 1.10. The van der Waals surface area contributed by atoms with Crippen molar-refractivity contribution in [3.63, 3.8) is 0 Å². The van der Waals surface area contributed by atoms with Gasteiger partial charge in [-0.3, -0.25) is 0 Å². The van der Waals surface area contributed by atoms with Crippen molar-refractivity contribution in [1.82, 2.24) is 4.98 Å². The van der Waals surface area contributed by atoms with E-state index < -0.39 is 29.6 Å². The zero-order valence-electron chi connectivity index (χ0n) is 7.44. The number of aryl methyl sites for hydroxylation is 1. The largest absolute Gasteiger partial charge is 0.506 e. The molecule has 1 N–H and O–H groups in total. The Bertz CT molecular complexity index is 374. The molecule has 1 heterocycles. The second-order valence-corrected chi connectivity index (χ2v) is 2.83. The molecule has 2 nitrogen and oxygen atoms in total. The molecule has 0 unspecified atom stereocenters. The Balaban J connectivity index is 3.42. The van der Waals surface area contributed by atoms with Crippen LogP contribution < -0.4 is 0 Å². The number of aromatic nitrogens is 1. The molecule has 0 spiro atoms. The van der Waals surface area contributed by atoms with E-state index in [2.05, 4.69) is 4.98 Å². The first kappa shape index (κ1) is 11.7. The van der Waals surface area contributed by atoms with Crippen molar-refractivity contribution < 1.29 is 27.1 Å². The van der Waals surface area contributed by atoms with E-state index in [4.69, 9.17) is 5.11 Å². The number of hydrogen-bond donors (Lipinski definition) is 1. The van der Waals surface area contributed by atoms with E-state index in [1.807, 2.05) is 0 Å². The van der Waals surface area contributed by atoms with E-state index in [1.165, 1.54) is 0 Å². The fraction of sp³-hybridized carbons (Fsp3) is 0.375. The van der Waals surface area contributed by atoms with Gasteiger partial charge in [-0.2, -0.15) is 13.2 Å². The lowest BCUT2D eigenvalue weighted by Crippen LogP contribution is -2.13. The van der Waals surface area contributed by atoms with Crippen LogP contribution >= 0.6 is 0 Å². The molecule has 7 heteroatoms. The number of alkyl halides is 5. The van der Waals surface area contributed by atoms with Crippen LogP contribution in [0, 0.1) is 6.92 Å². The first-order chi connectivity index (χ1) is 6.73. The molecule has 0 aliphatic carbocycles. The minimum atomic E-state index is -4.95. The van der Waals surface area contributed by atoms with Gasteiger partial charge in [0.25, 0.3) is 6.43 Å². The minimum absolute atomic E-state index is 0.341. The summed E-state index contributed by atoms with van der Waals surface area (Å²) < 4.78 is 61.2. The molecule has 0 saturated heterocycles. The lowest BCUT2D eigenvalue weighted by atomic mass is 10.1. The second kappa shape index (κ2) is 3.63. The SMILES string of the molecule is Cc1nc(C(F)(F)F)c(C(F)F)cc1O. The molecule has 1 aromatic heterocycles. The van der Waals surface area contributed by atoms with Crippen LogP contribution in [0.25, 0.3) is 0 Å². The highest BCUT2D eigenvalue weighted by molar-refractivity contribution is 5.35. The quantitative estimate of drug-likeness (QED) is 0.748. The summed E-state index contributed by atoms with van der Waals surface area (Å²) in [5, 5.41) is 8.98. The van der Waals surface area contributed by atoms with Crippen LogP contribution in [0.4, 0.5) is 22.0 Å². The van der Waals surface area contributed by atoms with Crippen molar-refractivity contribution in [2.75, 3.05) is 0 Å². The van der Waals surface area contributed by atoms with Crippen LogP contribution in [-0.4, -0.2) is 10.1 Å². The normalized spacial score (nSPS) is 12.2. The highest BCUT2D eigenvalue weighted by Crippen LogP contribution is 2.37. The predicted octanol–water partition coefficient (Wildman–Crippen LogP) is 3.05. The number of rotatable bonds is 1. The highest BCUT2D eigenvalue weighted by atomic mass is 19.4. The van der Waals surface area contributed by atoms with Gasteiger partial charge < -0.3 is 5.11 Å². The molecular formula is C8H6F5NO. The molecule has 1 rings (SSSR count). The van der Waals surface area contributed by atoms with Crippen LogP contribution in [0.2, 0.25) is 0 Å². The summed E-state index contributed by atoms with van der Waals surface area (Å²) in [4.78, 5) is 2.91. The lowest BCUT2D eigenvalue weighted by Gasteiger charge is -2.12. The molecular weight excluding hydrogens is 221 g/mol. The summed E-state index contributed by atoms with van der Waals surface area (Å²) in [6, 6.07) is 0.385. The summed E-state index contributed by atoms with van der Waals surface area (Å²) >= 11 is 0. The highest BCUT2D eigenvalue weighted by Gasteiger charge is 2.38. The maximum Gasteiger partial charge on any atom is 0.433 e. The van der Waals surface area contributed by atoms with Crippen molar-refractivity contribution in [1.29, 1.82) is 0 Å². The van der Waals surface area contributed by atoms with Gasteiger partial charge >= 0.3 is 6.18 Å². The topological polar surface area (TPSA) is 33.1 Å². The Morgan fingerprint density at radius 2 is 1.87 bits per heavy atom. The second-order valence-electron chi connectivity index (χ2n) is 2.83. The van der Waals surface area contributed by atoms with Crippen molar-refractivity contribution >= 4 is 0 Å². The van der Waals surface area contributed by atoms with Gasteiger partial charge in [0.2, 0.25) is 0 Å². The molecule has 0 amide bonds. The summed E-state index contributed by atoms with van der Waals surface area (Å²) in [6.07, 6.45) is -8.29. The van der Waals surface area contributed by atoms with Gasteiger partial charge in [0.05, 0.1) is 11.3 Å². The van der Waals surface area contributed by atoms with Crippen molar-refractivity contribution in [2.24, 2.45) is 0 Å². The van der Waals surface area contributed by atoms with Gasteiger partial charge in [0.15, 0.2) is 5.69 Å². The third-order valence-corrected chi connectivity index (χ3v) is 1.72. The van der Waals surface area contributed by atoms with Crippen LogP contribution in [-0.2, 0) is 6.18 Å². The first-order valence-corrected chi connectivity index (χ1v) is 3.79. The fourth-order valence-corrected chi connectivity index (χ4v) is 1.00. The van der Waals surface area contributed by atoms with Gasteiger partial charge in [0, 0.05) is 0 Å². The molecule has 1 aromatic rings. The van der Waals surface area contributed by atoms with E-state index in [0.29, 0.717) is 6.07 Å². The van der Waals surface area contributed by atoms with Gasteiger partial charge in [-0.1, -0.05) is 0 Å². The van der Waals surface area contributed by atoms with Gasteiger partial charge in [-0.25, -0.2) is 13.8 Å². The number of pyridine rings is 1. The van der Waals surface area contributed by atoms with Gasteiger partial charge in [-0.15, -0.1) is 0 Å². The van der Waals surface area contributed by atoms with E-state index in [1.54, 1.807) is 0 Å². The van der Waals surface area contributed by atoms with E-state index in [9.17, 15) is 22.0 Å². The lowest BCUT2D eigenvalue weighted by molar-refractivity contribution is -0.143. The molecule has 0 radical (unpaired) electrons. The average molecular weight is 227 g/mol. The fourth-order valence-electron chi connectivity index (χ4n) is 1.00. The Hall–Kier alpha value is -1.40. The van der Waals surface area contributed by atoms with Crippen LogP contribution in [0.5, 0.6) is 5.75 Å². The Labute approximate surface area is 81.4 Å². The molecule has 0 fully saturated rings. The molecule has 84 valence electrons. The molecule has 0 saturated carbocycles. The van der Waals surface area contributed by atoms with E-state index in [-0.39, 0.29) is 5.69 Å². The van der Waals surface area contributed by atoms with E-state index >= 15 is 0 Å². The summed E-state index contributed by atoms with van der Waals surface area (Å²) in [7, 11) is 0. The van der Waals surface area contributed by atoms with Crippen molar-refractivity contribution in [2.45, 2.75) is 19.5 Å². The monoisotopic (exact) mass is 227 g/mol. The third kappa shape index (κ3) is 2.34. The number of halogens is 5. The molecule has 0 aromatic carbocycles. The maximum absolute atomic E-state index is 12.2. The summed E-state index contributed by atoms with van der Waals surface area (Å²) in [5.41, 5.74) is -3.31. The number of nitrogens with zero attached hydrogens (tertiary/aromatic N) is 1. The van der Waals surface area contributed by atoms with Crippen molar-refractivity contribution in [3.8, 4) is 5.75 Å².